The molecule has 0 aromatic rings. The van der Waals surface area contributed by atoms with Gasteiger partial charge in [-0.2, -0.15) is 0 Å². The molecule has 0 rings (SSSR count). The first-order valence-electron chi connectivity index (χ1n) is 11.8. The van der Waals surface area contributed by atoms with E-state index < -0.39 is 34.7 Å². The Hall–Kier alpha value is -1.91. The summed E-state index contributed by atoms with van der Waals surface area (Å²) >= 11 is 1.68. The fraction of sp³-hybridized carbons (Fsp3) is 0.769. The fourth-order valence-corrected chi connectivity index (χ4v) is 1.74. The second-order valence-electron chi connectivity index (χ2n) is 10.8. The van der Waals surface area contributed by atoms with Gasteiger partial charge in [0.15, 0.2) is 0 Å². The Labute approximate surface area is 234 Å². The van der Waals surface area contributed by atoms with Crippen LogP contribution in [0, 0.1) is 0 Å². The Balaban J connectivity index is -0.000000205. The molecule has 10 nitrogen and oxygen atoms in total. The van der Waals surface area contributed by atoms with E-state index in [2.05, 4.69) is 3.32 Å². The van der Waals surface area contributed by atoms with Crippen LogP contribution in [0.2, 0.25) is 0 Å². The molecule has 0 aliphatic heterocycles. The standard InChI is InChI=1S/3C8H14O3.C2H5O.Ti/c3*1-6(9)5-7(10)11-8(2,3)4;1-2-3;/h3*5H2,1-4H3;2H2,1H3;/q;;;-1;+1. The summed E-state index contributed by atoms with van der Waals surface area (Å²) < 4.78 is 19.2. The van der Waals surface area contributed by atoms with Crippen LogP contribution in [0.15, 0.2) is 0 Å². The molecule has 215 valence electrons. The van der Waals surface area contributed by atoms with Crippen LogP contribution in [-0.4, -0.2) is 58.7 Å². The van der Waals surface area contributed by atoms with E-state index in [1.807, 2.05) is 6.92 Å². The molecule has 0 fully saturated rings. The van der Waals surface area contributed by atoms with Crippen LogP contribution in [0.4, 0.5) is 0 Å². The van der Waals surface area contributed by atoms with E-state index in [-0.39, 0.29) is 36.6 Å². The zero-order chi connectivity index (χ0) is 30.6. The van der Waals surface area contributed by atoms with E-state index in [0.29, 0.717) is 0 Å². The van der Waals surface area contributed by atoms with Gasteiger partial charge in [0.05, 0.1) is 0 Å². The predicted molar refractivity (Wildman–Crippen MR) is 135 cm³/mol. The SMILES string of the molecule is CC(=O)CC(=O)OC(C)(C)C.CC(=O)CC(=O)OC(C)(C)C.CC(=O)CC(=O)OC(C)(C)C.CC[O][Ti]. The molecule has 0 N–H and O–H groups in total. The molecule has 37 heavy (non-hydrogen) atoms. The fourth-order valence-electron chi connectivity index (χ4n) is 1.74. The van der Waals surface area contributed by atoms with Gasteiger partial charge in [0, 0.05) is 0 Å². The summed E-state index contributed by atoms with van der Waals surface area (Å²) in [6.07, 6.45) is -0.383. The van der Waals surface area contributed by atoms with Crippen molar-refractivity contribution in [1.82, 2.24) is 0 Å². The van der Waals surface area contributed by atoms with Gasteiger partial charge in [-0.05, 0) is 83.1 Å². The summed E-state index contributed by atoms with van der Waals surface area (Å²) in [5, 5.41) is 0. The maximum absolute atomic E-state index is 10.8. The average Bonchev–Trinajstić information content (AvgIpc) is 2.55. The predicted octanol–water partition coefficient (Wildman–Crippen LogP) is 4.41. The van der Waals surface area contributed by atoms with Crippen molar-refractivity contribution >= 4 is 35.3 Å². The molecule has 0 atom stereocenters. The number of hydrogen-bond acceptors (Lipinski definition) is 10. The molecule has 0 aromatic carbocycles. The Morgan fingerprint density at radius 3 is 0.757 bits per heavy atom. The van der Waals surface area contributed by atoms with E-state index in [9.17, 15) is 28.8 Å². The molecule has 0 unspecified atom stereocenters. The van der Waals surface area contributed by atoms with Crippen molar-refractivity contribution in [1.29, 1.82) is 0 Å². The van der Waals surface area contributed by atoms with Crippen molar-refractivity contribution in [2.24, 2.45) is 0 Å². The third kappa shape index (κ3) is 51.6. The van der Waals surface area contributed by atoms with Crippen molar-refractivity contribution in [3.8, 4) is 0 Å². The Morgan fingerprint density at radius 2 is 0.676 bits per heavy atom. The molecular weight excluding hydrogens is 520 g/mol. The number of ketones is 3. The second kappa shape index (κ2) is 21.1. The van der Waals surface area contributed by atoms with Crippen LogP contribution in [-0.2, 0) is 67.1 Å². The number of hydrogen-bond donors (Lipinski definition) is 0. The van der Waals surface area contributed by atoms with E-state index in [1.54, 1.807) is 83.1 Å². The van der Waals surface area contributed by atoms with E-state index in [0.717, 1.165) is 6.61 Å². The van der Waals surface area contributed by atoms with Crippen molar-refractivity contribution in [2.75, 3.05) is 6.61 Å². The molecule has 0 spiro atoms. The molecule has 0 aromatic heterocycles. The maximum atomic E-state index is 10.8. The third-order valence-corrected chi connectivity index (χ3v) is 3.04. The van der Waals surface area contributed by atoms with Crippen molar-refractivity contribution in [3.05, 3.63) is 0 Å². The van der Waals surface area contributed by atoms with E-state index in [4.69, 9.17) is 14.2 Å². The number of Topliss-reactive ketones (excluding diaryl/α,β-unsaturated/α-hetero) is 3. The van der Waals surface area contributed by atoms with Gasteiger partial charge in [-0.3, -0.25) is 28.8 Å². The normalized spacial score (nSPS) is 10.5. The molecule has 11 heteroatoms. The topological polar surface area (TPSA) is 139 Å². The molecule has 0 bridgehead atoms. The third-order valence-electron chi connectivity index (χ3n) is 2.58. The van der Waals surface area contributed by atoms with Crippen LogP contribution in [0.1, 0.15) is 109 Å². The zero-order valence-electron chi connectivity index (χ0n) is 24.9. The van der Waals surface area contributed by atoms with Gasteiger partial charge in [-0.25, -0.2) is 0 Å². The Kier molecular flexibility index (Phi) is 24.0. The van der Waals surface area contributed by atoms with Gasteiger partial charge >= 0.3 is 55.6 Å². The molecular formula is C26H47O10Ti. The Morgan fingerprint density at radius 1 is 0.514 bits per heavy atom. The number of rotatable bonds is 7. The van der Waals surface area contributed by atoms with Gasteiger partial charge in [-0.1, -0.05) is 0 Å². The average molecular weight is 568 g/mol. The molecule has 0 saturated carbocycles. The summed E-state index contributed by atoms with van der Waals surface area (Å²) in [7, 11) is 0. The molecule has 0 saturated heterocycles. The van der Waals surface area contributed by atoms with Gasteiger partial charge in [-0.15, -0.1) is 0 Å². The van der Waals surface area contributed by atoms with Crippen LogP contribution >= 0.6 is 0 Å². The minimum atomic E-state index is -0.494. The molecule has 0 aliphatic rings. The first kappa shape index (κ1) is 42.2. The quantitative estimate of drug-likeness (QED) is 0.188. The number of carbonyl (C=O) groups excluding carboxylic acids is 6. The molecule has 0 aliphatic carbocycles. The van der Waals surface area contributed by atoms with Crippen LogP contribution < -0.4 is 0 Å². The molecule has 0 radical (unpaired) electrons. The molecule has 0 amide bonds. The van der Waals surface area contributed by atoms with E-state index in [1.165, 1.54) is 20.8 Å². The van der Waals surface area contributed by atoms with Crippen molar-refractivity contribution in [3.63, 3.8) is 0 Å². The van der Waals surface area contributed by atoms with Crippen molar-refractivity contribution < 1.29 is 67.1 Å². The summed E-state index contributed by atoms with van der Waals surface area (Å²) in [5.74, 6) is -1.86. The summed E-state index contributed by atoms with van der Waals surface area (Å²) in [6.45, 7) is 22.8. The van der Waals surface area contributed by atoms with Gasteiger partial charge in [0.2, 0.25) is 0 Å². The second-order valence-corrected chi connectivity index (χ2v) is 11.3. The van der Waals surface area contributed by atoms with Gasteiger partial charge in [0.1, 0.15) is 53.4 Å². The summed E-state index contributed by atoms with van der Waals surface area (Å²) in [6, 6.07) is 0. The van der Waals surface area contributed by atoms with Crippen LogP contribution in [0.25, 0.3) is 0 Å². The van der Waals surface area contributed by atoms with Crippen molar-refractivity contribution in [2.45, 2.75) is 126 Å². The number of esters is 3. The number of ether oxygens (including phenoxy) is 3. The zero-order valence-corrected chi connectivity index (χ0v) is 26.5. The minimum absolute atomic E-state index is 0.128. The monoisotopic (exact) mass is 567 g/mol. The van der Waals surface area contributed by atoms with E-state index >= 15 is 0 Å². The van der Waals surface area contributed by atoms with Gasteiger partial charge in [0.25, 0.3) is 0 Å². The Bertz CT molecular complexity index is 626. The number of carbonyl (C=O) groups is 6. The van der Waals surface area contributed by atoms with Crippen LogP contribution in [0.5, 0.6) is 0 Å². The summed E-state index contributed by atoms with van der Waals surface area (Å²) in [5.41, 5.74) is -1.48. The van der Waals surface area contributed by atoms with Crippen LogP contribution in [0.3, 0.4) is 0 Å². The first-order valence-corrected chi connectivity index (χ1v) is 12.4. The summed E-state index contributed by atoms with van der Waals surface area (Å²) in [4.78, 5) is 63.8. The van der Waals surface area contributed by atoms with Gasteiger partial charge < -0.3 is 14.2 Å². The first-order chi connectivity index (χ1) is 16.3. The molecule has 0 heterocycles.